The molecule has 0 fully saturated rings. The first-order valence-electron chi connectivity index (χ1n) is 6.90. The van der Waals surface area contributed by atoms with Gasteiger partial charge in [0.25, 0.3) is 0 Å². The van der Waals surface area contributed by atoms with Gasteiger partial charge in [-0.3, -0.25) is 14.6 Å². The first kappa shape index (κ1) is 12.8. The number of carbonyl (C=O) groups excluding carboxylic acids is 2. The fraction of sp³-hybridized carbons (Fsp3) is 0.118. The largest absolute Gasteiger partial charge is 0.497 e. The summed E-state index contributed by atoms with van der Waals surface area (Å²) < 4.78 is 5.14. The summed E-state index contributed by atoms with van der Waals surface area (Å²) in [5.41, 5.74) is 2.38. The molecule has 1 aromatic carbocycles. The molecular weight excluding hydrogens is 280 g/mol. The van der Waals surface area contributed by atoms with Gasteiger partial charge in [-0.2, -0.15) is 0 Å². The number of nitrogens with zero attached hydrogens (tertiary/aromatic N) is 1. The predicted octanol–water partition coefficient (Wildman–Crippen LogP) is 2.52. The number of Topliss-reactive ketones (excluding diaryl/α,β-unsaturated/α-hetero) is 2. The van der Waals surface area contributed by atoms with Crippen LogP contribution in [0.4, 0.5) is 0 Å². The van der Waals surface area contributed by atoms with E-state index in [9.17, 15) is 9.59 Å². The Morgan fingerprint density at radius 3 is 2.59 bits per heavy atom. The molecule has 0 bridgehead atoms. The molecule has 1 atom stereocenters. The van der Waals surface area contributed by atoms with Crippen LogP contribution in [0.2, 0.25) is 0 Å². The zero-order valence-corrected chi connectivity index (χ0v) is 11.8. The van der Waals surface area contributed by atoms with Gasteiger partial charge in [0.1, 0.15) is 11.4 Å². The zero-order valence-electron chi connectivity index (χ0n) is 11.8. The Bertz CT molecular complexity index is 856. The smallest absolute Gasteiger partial charge is 0.228 e. The minimum absolute atomic E-state index is 0.135. The Labute approximate surface area is 126 Å². The van der Waals surface area contributed by atoms with Gasteiger partial charge in [0.15, 0.2) is 5.78 Å². The maximum atomic E-state index is 12.7. The van der Waals surface area contributed by atoms with Gasteiger partial charge in [0.2, 0.25) is 5.78 Å². The molecule has 1 aliphatic carbocycles. The van der Waals surface area contributed by atoms with Gasteiger partial charge >= 0.3 is 0 Å². The van der Waals surface area contributed by atoms with Gasteiger partial charge in [-0.05, 0) is 23.8 Å². The number of benzene rings is 1. The Kier molecular flexibility index (Phi) is 2.63. The van der Waals surface area contributed by atoms with Crippen molar-refractivity contribution in [1.82, 2.24) is 4.98 Å². The van der Waals surface area contributed by atoms with Gasteiger partial charge in [-0.25, -0.2) is 0 Å². The molecule has 2 aromatic rings. The summed E-state index contributed by atoms with van der Waals surface area (Å²) in [5.74, 6) is 0.0956. The number of fused-ring (bicyclic) bond motifs is 1. The van der Waals surface area contributed by atoms with Crippen LogP contribution in [-0.4, -0.2) is 29.9 Å². The predicted molar refractivity (Wildman–Crippen MR) is 80.7 cm³/mol. The summed E-state index contributed by atoms with van der Waals surface area (Å²) in [6.07, 6.45) is 3.27. The van der Waals surface area contributed by atoms with Crippen molar-refractivity contribution < 1.29 is 14.3 Å². The van der Waals surface area contributed by atoms with Crippen LogP contribution in [0.15, 0.2) is 52.8 Å². The van der Waals surface area contributed by atoms with Crippen molar-refractivity contribution in [2.24, 2.45) is 4.99 Å². The van der Waals surface area contributed by atoms with E-state index in [0.29, 0.717) is 16.8 Å². The quantitative estimate of drug-likeness (QED) is 0.924. The zero-order chi connectivity index (χ0) is 15.3. The van der Waals surface area contributed by atoms with Crippen molar-refractivity contribution in [3.05, 3.63) is 64.6 Å². The summed E-state index contributed by atoms with van der Waals surface area (Å²) in [5, 5.41) is 0. The van der Waals surface area contributed by atoms with Gasteiger partial charge in [0.05, 0.1) is 24.3 Å². The Hall–Kier alpha value is -2.95. The number of rotatable bonds is 2. The second-order valence-corrected chi connectivity index (χ2v) is 5.22. The average molecular weight is 292 g/mol. The first-order chi connectivity index (χ1) is 10.7. The second-order valence-electron chi connectivity index (χ2n) is 5.22. The van der Waals surface area contributed by atoms with Crippen LogP contribution < -0.4 is 4.74 Å². The molecule has 22 heavy (non-hydrogen) atoms. The third-order valence-corrected chi connectivity index (χ3v) is 4.07. The number of methoxy groups -OCH3 is 1. The third kappa shape index (κ3) is 1.62. The van der Waals surface area contributed by atoms with Crippen LogP contribution in [0, 0.1) is 0 Å². The van der Waals surface area contributed by atoms with Gasteiger partial charge in [0, 0.05) is 18.0 Å². The normalized spacial score (nSPS) is 19.4. The molecule has 1 aliphatic heterocycles. The maximum Gasteiger partial charge on any atom is 0.228 e. The SMILES string of the molecule is COc1ccc(C2C=NC3=C2C(=O)c2cc[nH]c2C3=O)cc1. The summed E-state index contributed by atoms with van der Waals surface area (Å²) in [4.78, 5) is 32.1. The van der Waals surface area contributed by atoms with Crippen molar-refractivity contribution in [3.8, 4) is 5.75 Å². The highest BCUT2D eigenvalue weighted by molar-refractivity contribution is 6.29. The number of aromatic nitrogens is 1. The number of hydrogen-bond acceptors (Lipinski definition) is 4. The van der Waals surface area contributed by atoms with E-state index >= 15 is 0 Å². The summed E-state index contributed by atoms with van der Waals surface area (Å²) in [6, 6.07) is 9.08. The van der Waals surface area contributed by atoms with Crippen molar-refractivity contribution in [2.75, 3.05) is 7.11 Å². The monoisotopic (exact) mass is 292 g/mol. The van der Waals surface area contributed by atoms with Crippen LogP contribution in [0.5, 0.6) is 5.75 Å². The highest BCUT2D eigenvalue weighted by Crippen LogP contribution is 2.38. The second kappa shape index (κ2) is 4.53. The molecule has 0 radical (unpaired) electrons. The maximum absolute atomic E-state index is 12.7. The molecule has 108 valence electrons. The molecule has 2 aliphatic rings. The molecule has 0 amide bonds. The topological polar surface area (TPSA) is 71.5 Å². The lowest BCUT2D eigenvalue weighted by molar-refractivity contribution is 0.0971. The molecule has 0 saturated heterocycles. The van der Waals surface area contributed by atoms with Crippen molar-refractivity contribution >= 4 is 17.8 Å². The molecule has 0 spiro atoms. The van der Waals surface area contributed by atoms with Crippen molar-refractivity contribution in [3.63, 3.8) is 0 Å². The molecule has 1 unspecified atom stereocenters. The fourth-order valence-corrected chi connectivity index (χ4v) is 2.94. The molecule has 1 N–H and O–H groups in total. The summed E-state index contributed by atoms with van der Waals surface area (Å²) >= 11 is 0. The van der Waals surface area contributed by atoms with E-state index in [1.165, 1.54) is 0 Å². The number of nitrogens with one attached hydrogen (secondary N) is 1. The number of carbonyl (C=O) groups is 2. The molecule has 0 saturated carbocycles. The van der Waals surface area contributed by atoms with Crippen LogP contribution in [0.3, 0.4) is 0 Å². The van der Waals surface area contributed by atoms with E-state index in [4.69, 9.17) is 4.74 Å². The van der Waals surface area contributed by atoms with E-state index in [2.05, 4.69) is 9.98 Å². The van der Waals surface area contributed by atoms with E-state index in [1.54, 1.807) is 25.6 Å². The number of hydrogen-bond donors (Lipinski definition) is 1. The molecular formula is C17H12N2O3. The van der Waals surface area contributed by atoms with Crippen LogP contribution in [0.1, 0.15) is 32.3 Å². The standard InChI is InChI=1S/C17H12N2O3/c1-22-10-4-2-9(3-5-10)12-8-19-15-13(12)16(20)11-6-7-18-14(11)17(15)21/h2-8,12,18H,1H3. The Balaban J connectivity index is 1.80. The van der Waals surface area contributed by atoms with Crippen molar-refractivity contribution in [2.45, 2.75) is 5.92 Å². The number of ketones is 2. The Morgan fingerprint density at radius 2 is 1.86 bits per heavy atom. The van der Waals surface area contributed by atoms with Crippen molar-refractivity contribution in [1.29, 1.82) is 0 Å². The summed E-state index contributed by atoms with van der Waals surface area (Å²) in [7, 11) is 1.60. The molecule has 4 rings (SSSR count). The summed E-state index contributed by atoms with van der Waals surface area (Å²) in [6.45, 7) is 0. The molecule has 5 heteroatoms. The number of ether oxygens (including phenoxy) is 1. The fourth-order valence-electron chi connectivity index (χ4n) is 2.94. The number of H-pyrrole nitrogens is 1. The van der Waals surface area contributed by atoms with E-state index in [-0.39, 0.29) is 23.2 Å². The minimum atomic E-state index is -0.291. The number of aromatic amines is 1. The lowest BCUT2D eigenvalue weighted by atomic mass is 9.83. The van der Waals surface area contributed by atoms with Crippen LogP contribution in [0.25, 0.3) is 0 Å². The molecule has 5 nitrogen and oxygen atoms in total. The van der Waals surface area contributed by atoms with Crippen LogP contribution in [-0.2, 0) is 0 Å². The Morgan fingerprint density at radius 1 is 1.09 bits per heavy atom. The van der Waals surface area contributed by atoms with Gasteiger partial charge < -0.3 is 9.72 Å². The number of allylic oxidation sites excluding steroid dienone is 2. The van der Waals surface area contributed by atoms with E-state index in [1.807, 2.05) is 24.3 Å². The minimum Gasteiger partial charge on any atom is -0.497 e. The highest BCUT2D eigenvalue weighted by atomic mass is 16.5. The number of aliphatic imine (C=N–C) groups is 1. The van der Waals surface area contributed by atoms with E-state index in [0.717, 1.165) is 11.3 Å². The lowest BCUT2D eigenvalue weighted by Crippen LogP contribution is -2.21. The molecule has 2 heterocycles. The van der Waals surface area contributed by atoms with E-state index < -0.39 is 0 Å². The van der Waals surface area contributed by atoms with Gasteiger partial charge in [-0.15, -0.1) is 0 Å². The molecule has 1 aromatic heterocycles. The van der Waals surface area contributed by atoms with Gasteiger partial charge in [-0.1, -0.05) is 12.1 Å². The first-order valence-corrected chi connectivity index (χ1v) is 6.90. The third-order valence-electron chi connectivity index (χ3n) is 4.07. The average Bonchev–Trinajstić information content (AvgIpc) is 3.20. The highest BCUT2D eigenvalue weighted by Gasteiger charge is 2.39. The van der Waals surface area contributed by atoms with Crippen LogP contribution >= 0.6 is 0 Å². The lowest BCUT2D eigenvalue weighted by Gasteiger charge is -2.17.